The first-order chi connectivity index (χ1) is 12.0. The van der Waals surface area contributed by atoms with Crippen molar-refractivity contribution in [1.29, 1.82) is 0 Å². The Bertz CT molecular complexity index is 896. The number of nitrogens with one attached hydrogen (secondary N) is 2. The molecule has 0 fully saturated rings. The molecule has 0 saturated heterocycles. The molecule has 8 heteroatoms. The summed E-state index contributed by atoms with van der Waals surface area (Å²) in [5.41, 5.74) is 2.41. The van der Waals surface area contributed by atoms with Gasteiger partial charge in [0.05, 0.1) is 28.5 Å². The van der Waals surface area contributed by atoms with Gasteiger partial charge in [-0.15, -0.1) is 0 Å². The van der Waals surface area contributed by atoms with E-state index < -0.39 is 0 Å². The van der Waals surface area contributed by atoms with E-state index in [1.165, 1.54) is 12.1 Å². The van der Waals surface area contributed by atoms with Gasteiger partial charge in [0.2, 0.25) is 0 Å². The molecule has 0 aliphatic rings. The van der Waals surface area contributed by atoms with E-state index in [2.05, 4.69) is 15.7 Å². The number of anilines is 2. The molecule has 1 aromatic heterocycles. The highest BCUT2D eigenvalue weighted by molar-refractivity contribution is 7.80. The Kier molecular flexibility index (Phi) is 5.53. The molecule has 0 unspecified atom stereocenters. The van der Waals surface area contributed by atoms with Crippen molar-refractivity contribution in [1.82, 2.24) is 9.78 Å². The van der Waals surface area contributed by atoms with Crippen LogP contribution in [0.25, 0.3) is 0 Å². The van der Waals surface area contributed by atoms with Gasteiger partial charge in [-0.3, -0.25) is 4.68 Å². The molecule has 0 aliphatic carbocycles. The zero-order valence-electron chi connectivity index (χ0n) is 12.8. The van der Waals surface area contributed by atoms with Crippen LogP contribution in [0.5, 0.6) is 0 Å². The Morgan fingerprint density at radius 2 is 1.76 bits per heavy atom. The van der Waals surface area contributed by atoms with E-state index in [1.54, 1.807) is 35.1 Å². The molecular weight excluding hydrogens is 382 g/mol. The summed E-state index contributed by atoms with van der Waals surface area (Å²) in [6.45, 7) is 0.552. The van der Waals surface area contributed by atoms with Gasteiger partial charge >= 0.3 is 0 Å². The number of halogens is 3. The average molecular weight is 395 g/mol. The summed E-state index contributed by atoms with van der Waals surface area (Å²) in [7, 11) is 0. The topological polar surface area (TPSA) is 41.9 Å². The van der Waals surface area contributed by atoms with Gasteiger partial charge in [-0.2, -0.15) is 5.10 Å². The van der Waals surface area contributed by atoms with Crippen LogP contribution in [0.1, 0.15) is 5.56 Å². The first-order valence-electron chi connectivity index (χ1n) is 7.29. The van der Waals surface area contributed by atoms with E-state index in [4.69, 9.17) is 35.4 Å². The van der Waals surface area contributed by atoms with E-state index in [1.807, 2.05) is 12.3 Å². The minimum atomic E-state index is -0.298. The van der Waals surface area contributed by atoms with Crippen LogP contribution in [0.3, 0.4) is 0 Å². The highest BCUT2D eigenvalue weighted by atomic mass is 35.5. The quantitative estimate of drug-likeness (QED) is 0.597. The van der Waals surface area contributed by atoms with Crippen molar-refractivity contribution >= 4 is 51.9 Å². The maximum Gasteiger partial charge on any atom is 0.175 e. The molecule has 0 atom stereocenters. The fourth-order valence-corrected chi connectivity index (χ4v) is 2.72. The normalized spacial score (nSPS) is 10.5. The third-order valence-electron chi connectivity index (χ3n) is 3.32. The highest BCUT2D eigenvalue weighted by Gasteiger charge is 2.05. The average Bonchev–Trinajstić information content (AvgIpc) is 3.00. The van der Waals surface area contributed by atoms with Crippen LogP contribution in [-0.2, 0) is 6.54 Å². The summed E-state index contributed by atoms with van der Waals surface area (Å²) in [5, 5.41) is 11.7. The first-order valence-corrected chi connectivity index (χ1v) is 8.46. The lowest BCUT2D eigenvalue weighted by atomic mass is 10.2. The smallest absolute Gasteiger partial charge is 0.175 e. The van der Waals surface area contributed by atoms with Gasteiger partial charge < -0.3 is 10.6 Å². The summed E-state index contributed by atoms with van der Waals surface area (Å²) in [5.74, 6) is -0.298. The van der Waals surface area contributed by atoms with Gasteiger partial charge in [0.15, 0.2) is 5.11 Å². The fraction of sp³-hybridized carbons (Fsp3) is 0.0588. The SMILES string of the molecule is Fc1ccc(NC(=S)Nc2cnn(Cc3ccc(Cl)c(Cl)c3)c2)cc1. The molecule has 1 heterocycles. The Morgan fingerprint density at radius 3 is 2.48 bits per heavy atom. The van der Waals surface area contributed by atoms with Crippen LogP contribution < -0.4 is 10.6 Å². The maximum absolute atomic E-state index is 12.9. The third-order valence-corrected chi connectivity index (χ3v) is 4.26. The second-order valence-electron chi connectivity index (χ2n) is 5.26. The predicted octanol–water partition coefficient (Wildman–Crippen LogP) is 5.19. The molecule has 2 aromatic carbocycles. The van der Waals surface area contributed by atoms with E-state index in [0.29, 0.717) is 27.4 Å². The highest BCUT2D eigenvalue weighted by Crippen LogP contribution is 2.23. The third kappa shape index (κ3) is 4.92. The summed E-state index contributed by atoms with van der Waals surface area (Å²) in [6, 6.07) is 11.4. The van der Waals surface area contributed by atoms with Crippen LogP contribution in [0, 0.1) is 5.82 Å². The largest absolute Gasteiger partial charge is 0.332 e. The minimum Gasteiger partial charge on any atom is -0.332 e. The Morgan fingerprint density at radius 1 is 1.04 bits per heavy atom. The zero-order chi connectivity index (χ0) is 17.8. The molecule has 4 nitrogen and oxygen atoms in total. The van der Waals surface area contributed by atoms with E-state index >= 15 is 0 Å². The molecule has 0 amide bonds. The Labute approximate surface area is 159 Å². The number of nitrogens with zero attached hydrogens (tertiary/aromatic N) is 2. The molecule has 128 valence electrons. The second-order valence-corrected chi connectivity index (χ2v) is 6.48. The van der Waals surface area contributed by atoms with E-state index in [0.717, 1.165) is 11.3 Å². The molecule has 0 aliphatic heterocycles. The molecule has 2 N–H and O–H groups in total. The number of benzene rings is 2. The summed E-state index contributed by atoms with van der Waals surface area (Å²) >= 11 is 17.2. The van der Waals surface area contributed by atoms with Gasteiger partial charge in [-0.1, -0.05) is 29.3 Å². The van der Waals surface area contributed by atoms with Crippen molar-refractivity contribution in [3.05, 3.63) is 76.3 Å². The summed E-state index contributed by atoms with van der Waals surface area (Å²) < 4.78 is 14.6. The van der Waals surface area contributed by atoms with Crippen molar-refractivity contribution < 1.29 is 4.39 Å². The van der Waals surface area contributed by atoms with Crippen LogP contribution in [-0.4, -0.2) is 14.9 Å². The van der Waals surface area contributed by atoms with Gasteiger partial charge in [0.25, 0.3) is 0 Å². The Hall–Kier alpha value is -2.15. The number of hydrogen-bond donors (Lipinski definition) is 2. The maximum atomic E-state index is 12.9. The van der Waals surface area contributed by atoms with E-state index in [-0.39, 0.29) is 5.82 Å². The van der Waals surface area contributed by atoms with Gasteiger partial charge in [0, 0.05) is 11.9 Å². The lowest BCUT2D eigenvalue weighted by Crippen LogP contribution is -2.18. The first kappa shape index (κ1) is 17.7. The molecule has 0 saturated carbocycles. The van der Waals surface area contributed by atoms with Gasteiger partial charge in [-0.05, 0) is 54.2 Å². The summed E-state index contributed by atoms with van der Waals surface area (Å²) in [6.07, 6.45) is 3.48. The van der Waals surface area contributed by atoms with Crippen molar-refractivity contribution in [3.8, 4) is 0 Å². The van der Waals surface area contributed by atoms with Crippen molar-refractivity contribution in [2.45, 2.75) is 6.54 Å². The van der Waals surface area contributed by atoms with Crippen LogP contribution in [0.4, 0.5) is 15.8 Å². The molecule has 0 bridgehead atoms. The minimum absolute atomic E-state index is 0.298. The number of thiocarbonyl (C=S) groups is 1. The van der Waals surface area contributed by atoms with Crippen LogP contribution in [0.15, 0.2) is 54.9 Å². The molecule has 25 heavy (non-hydrogen) atoms. The van der Waals surface area contributed by atoms with Crippen molar-refractivity contribution in [3.63, 3.8) is 0 Å². The lowest BCUT2D eigenvalue weighted by molar-refractivity contribution is 0.628. The molecule has 0 radical (unpaired) electrons. The molecule has 3 aromatic rings. The zero-order valence-corrected chi connectivity index (χ0v) is 15.2. The standard InChI is InChI=1S/C17H13Cl2FN4S/c18-15-6-1-11(7-16(15)19)9-24-10-14(8-21-24)23-17(25)22-13-4-2-12(20)3-5-13/h1-8,10H,9H2,(H2,22,23,25). The van der Waals surface area contributed by atoms with Crippen molar-refractivity contribution in [2.24, 2.45) is 0 Å². The summed E-state index contributed by atoms with van der Waals surface area (Å²) in [4.78, 5) is 0. The molecule has 0 spiro atoms. The Balaban J connectivity index is 1.60. The van der Waals surface area contributed by atoms with Gasteiger partial charge in [0.1, 0.15) is 5.82 Å². The van der Waals surface area contributed by atoms with E-state index in [9.17, 15) is 4.39 Å². The number of hydrogen-bond acceptors (Lipinski definition) is 2. The predicted molar refractivity (Wildman–Crippen MR) is 104 cm³/mol. The number of rotatable bonds is 4. The fourth-order valence-electron chi connectivity index (χ4n) is 2.17. The number of aromatic nitrogens is 2. The van der Waals surface area contributed by atoms with Gasteiger partial charge in [-0.25, -0.2) is 4.39 Å². The second kappa shape index (κ2) is 7.82. The molecular formula is C17H13Cl2FN4S. The van der Waals surface area contributed by atoms with Crippen LogP contribution >= 0.6 is 35.4 Å². The van der Waals surface area contributed by atoms with Crippen molar-refractivity contribution in [2.75, 3.05) is 10.6 Å². The van der Waals surface area contributed by atoms with Crippen LogP contribution in [0.2, 0.25) is 10.0 Å². The molecule has 3 rings (SSSR count). The lowest BCUT2D eigenvalue weighted by Gasteiger charge is -2.08. The monoisotopic (exact) mass is 394 g/mol.